The molecule has 4 rings (SSSR count). The van der Waals surface area contributed by atoms with Crippen molar-refractivity contribution in [1.82, 2.24) is 0 Å². The van der Waals surface area contributed by atoms with Gasteiger partial charge in [-0.15, -0.1) is 0 Å². The zero-order valence-electron chi connectivity index (χ0n) is 12.0. The molecule has 2 aromatic rings. The van der Waals surface area contributed by atoms with E-state index in [9.17, 15) is 0 Å². The number of nitrogen functional groups attached to an aromatic ring is 1. The lowest BCUT2D eigenvalue weighted by Gasteiger charge is -2.34. The summed E-state index contributed by atoms with van der Waals surface area (Å²) < 4.78 is 0. The summed E-state index contributed by atoms with van der Waals surface area (Å²) in [6.07, 6.45) is 8.80. The summed E-state index contributed by atoms with van der Waals surface area (Å²) in [5, 5.41) is 0. The monoisotopic (exact) mass is 274 g/mol. The minimum Gasteiger partial charge on any atom is -0.398 e. The number of para-hydroxylation sites is 1. The van der Waals surface area contributed by atoms with E-state index in [4.69, 9.17) is 5.73 Å². The Morgan fingerprint density at radius 3 is 2.62 bits per heavy atom. The molecule has 2 heteroatoms. The number of allylic oxidation sites excluding steroid dienone is 2. The Morgan fingerprint density at radius 1 is 1.00 bits per heavy atom. The van der Waals surface area contributed by atoms with Crippen molar-refractivity contribution >= 4 is 17.1 Å². The number of hydrogen-bond acceptors (Lipinski definition) is 2. The number of hydrogen-bond donors (Lipinski definition) is 1. The van der Waals surface area contributed by atoms with Gasteiger partial charge in [-0.3, -0.25) is 0 Å². The molecule has 1 aliphatic carbocycles. The molecular weight excluding hydrogens is 256 g/mol. The van der Waals surface area contributed by atoms with Gasteiger partial charge in [-0.1, -0.05) is 48.6 Å². The fourth-order valence-electron chi connectivity index (χ4n) is 3.69. The van der Waals surface area contributed by atoms with E-state index in [-0.39, 0.29) is 11.5 Å². The highest BCUT2D eigenvalue weighted by atomic mass is 15.2. The van der Waals surface area contributed by atoms with Gasteiger partial charge in [0, 0.05) is 28.0 Å². The maximum atomic E-state index is 6.32. The highest BCUT2D eigenvalue weighted by Gasteiger charge is 2.47. The lowest BCUT2D eigenvalue weighted by atomic mass is 9.75. The molecular formula is C19H18N2. The van der Waals surface area contributed by atoms with Gasteiger partial charge in [0.2, 0.25) is 0 Å². The average Bonchev–Trinajstić information content (AvgIpc) is 2.78. The molecule has 2 aliphatic rings. The lowest BCUT2D eigenvalue weighted by molar-refractivity contribution is 0.552. The summed E-state index contributed by atoms with van der Waals surface area (Å²) in [5.41, 5.74) is 10.8. The molecule has 0 fully saturated rings. The number of nitrogens with zero attached hydrogens (tertiary/aromatic N) is 1. The van der Waals surface area contributed by atoms with Gasteiger partial charge in [-0.2, -0.15) is 0 Å². The molecule has 2 atom stereocenters. The molecule has 1 heterocycles. The third-order valence-electron chi connectivity index (χ3n) is 4.65. The summed E-state index contributed by atoms with van der Waals surface area (Å²) >= 11 is 0. The molecule has 0 saturated heterocycles. The van der Waals surface area contributed by atoms with Crippen LogP contribution in [0.25, 0.3) is 0 Å². The van der Waals surface area contributed by atoms with E-state index in [1.165, 1.54) is 16.9 Å². The van der Waals surface area contributed by atoms with Crippen LogP contribution in [0.4, 0.5) is 17.1 Å². The Bertz CT molecular complexity index is 745. The molecule has 2 unspecified atom stereocenters. The van der Waals surface area contributed by atoms with Crippen molar-refractivity contribution < 1.29 is 0 Å². The normalized spacial score (nSPS) is 25.8. The zero-order valence-corrected chi connectivity index (χ0v) is 12.0. The Balaban J connectivity index is 2.00. The molecule has 1 aliphatic heterocycles. The summed E-state index contributed by atoms with van der Waals surface area (Å²) in [5.74, 6) is 0. The van der Waals surface area contributed by atoms with E-state index in [1.807, 2.05) is 12.1 Å². The summed E-state index contributed by atoms with van der Waals surface area (Å²) in [4.78, 5) is 2.39. The molecule has 104 valence electrons. The minimum atomic E-state index is -0.0781. The first-order valence-corrected chi connectivity index (χ1v) is 7.31. The first kappa shape index (κ1) is 12.3. The third-order valence-corrected chi connectivity index (χ3v) is 4.65. The molecule has 0 aromatic heterocycles. The first-order valence-electron chi connectivity index (χ1n) is 7.31. The lowest BCUT2D eigenvalue weighted by Crippen LogP contribution is -2.39. The van der Waals surface area contributed by atoms with Crippen molar-refractivity contribution in [2.75, 3.05) is 10.6 Å². The van der Waals surface area contributed by atoms with Crippen LogP contribution in [0, 0.1) is 0 Å². The van der Waals surface area contributed by atoms with Crippen molar-refractivity contribution in [3.8, 4) is 0 Å². The molecule has 2 aromatic carbocycles. The van der Waals surface area contributed by atoms with Crippen LogP contribution in [0.2, 0.25) is 0 Å². The SMILES string of the molecule is CC12C=CC=CC1N(c1ccccc1)c1cccc(N)c12. The van der Waals surface area contributed by atoms with Crippen molar-refractivity contribution in [2.45, 2.75) is 18.4 Å². The molecule has 0 saturated carbocycles. The van der Waals surface area contributed by atoms with Gasteiger partial charge in [0.1, 0.15) is 0 Å². The van der Waals surface area contributed by atoms with Crippen LogP contribution < -0.4 is 10.6 Å². The smallest absolute Gasteiger partial charge is 0.0655 e. The summed E-state index contributed by atoms with van der Waals surface area (Å²) in [6, 6.07) is 17.0. The van der Waals surface area contributed by atoms with E-state index in [0.29, 0.717) is 0 Å². The van der Waals surface area contributed by atoms with E-state index in [0.717, 1.165) is 5.69 Å². The van der Waals surface area contributed by atoms with Crippen molar-refractivity contribution in [3.63, 3.8) is 0 Å². The second-order valence-corrected chi connectivity index (χ2v) is 5.92. The largest absolute Gasteiger partial charge is 0.398 e. The molecule has 0 radical (unpaired) electrons. The fourth-order valence-corrected chi connectivity index (χ4v) is 3.69. The quantitative estimate of drug-likeness (QED) is 0.791. The molecule has 21 heavy (non-hydrogen) atoms. The van der Waals surface area contributed by atoms with E-state index >= 15 is 0 Å². The number of benzene rings is 2. The number of fused-ring (bicyclic) bond motifs is 3. The highest BCUT2D eigenvalue weighted by Crippen LogP contribution is 2.53. The van der Waals surface area contributed by atoms with Gasteiger partial charge in [0.15, 0.2) is 0 Å². The van der Waals surface area contributed by atoms with Gasteiger partial charge < -0.3 is 10.6 Å². The van der Waals surface area contributed by atoms with Crippen LogP contribution in [0.5, 0.6) is 0 Å². The predicted octanol–water partition coefficient (Wildman–Crippen LogP) is 4.17. The zero-order chi connectivity index (χ0) is 14.4. The van der Waals surface area contributed by atoms with Crippen LogP contribution in [0.1, 0.15) is 12.5 Å². The van der Waals surface area contributed by atoms with Crippen LogP contribution >= 0.6 is 0 Å². The topological polar surface area (TPSA) is 29.3 Å². The van der Waals surface area contributed by atoms with Crippen molar-refractivity contribution in [2.24, 2.45) is 0 Å². The van der Waals surface area contributed by atoms with Crippen LogP contribution in [-0.2, 0) is 5.41 Å². The van der Waals surface area contributed by atoms with E-state index < -0.39 is 0 Å². The van der Waals surface area contributed by atoms with Gasteiger partial charge in [0.05, 0.1) is 6.04 Å². The maximum Gasteiger partial charge on any atom is 0.0655 e. The number of rotatable bonds is 1. The molecule has 2 nitrogen and oxygen atoms in total. The molecule has 0 amide bonds. The first-order chi connectivity index (χ1) is 10.2. The Hall–Kier alpha value is -2.48. The predicted molar refractivity (Wildman–Crippen MR) is 88.9 cm³/mol. The van der Waals surface area contributed by atoms with Crippen molar-refractivity contribution in [3.05, 3.63) is 78.4 Å². The summed E-state index contributed by atoms with van der Waals surface area (Å²) in [7, 11) is 0. The Labute approximate surface area is 125 Å². The maximum absolute atomic E-state index is 6.32. The second kappa shape index (κ2) is 4.26. The second-order valence-electron chi connectivity index (χ2n) is 5.92. The average molecular weight is 274 g/mol. The van der Waals surface area contributed by atoms with Gasteiger partial charge in [-0.25, -0.2) is 0 Å². The van der Waals surface area contributed by atoms with Gasteiger partial charge in [0.25, 0.3) is 0 Å². The Kier molecular flexibility index (Phi) is 2.49. The minimum absolute atomic E-state index is 0.0781. The highest BCUT2D eigenvalue weighted by molar-refractivity contribution is 5.81. The molecule has 0 bridgehead atoms. The Morgan fingerprint density at radius 2 is 1.81 bits per heavy atom. The summed E-state index contributed by atoms with van der Waals surface area (Å²) in [6.45, 7) is 2.27. The van der Waals surface area contributed by atoms with Crippen molar-refractivity contribution in [1.29, 1.82) is 0 Å². The standard InChI is InChI=1S/C19H18N2/c1-19-13-6-5-12-17(19)21(14-8-3-2-4-9-14)16-11-7-10-15(20)18(16)19/h2-13,17H,20H2,1H3. The van der Waals surface area contributed by atoms with Gasteiger partial charge in [-0.05, 0) is 31.2 Å². The number of anilines is 3. The van der Waals surface area contributed by atoms with Gasteiger partial charge >= 0.3 is 0 Å². The van der Waals surface area contributed by atoms with E-state index in [1.54, 1.807) is 0 Å². The van der Waals surface area contributed by atoms with Crippen LogP contribution in [-0.4, -0.2) is 6.04 Å². The van der Waals surface area contributed by atoms with Crippen LogP contribution in [0.3, 0.4) is 0 Å². The van der Waals surface area contributed by atoms with Crippen LogP contribution in [0.15, 0.2) is 72.8 Å². The van der Waals surface area contributed by atoms with E-state index in [2.05, 4.69) is 72.5 Å². The molecule has 0 spiro atoms. The fraction of sp³-hybridized carbons (Fsp3) is 0.158. The number of nitrogens with two attached hydrogens (primary N) is 1. The molecule has 2 N–H and O–H groups in total. The third kappa shape index (κ3) is 1.59.